The maximum absolute atomic E-state index is 9.39. The highest BCUT2D eigenvalue weighted by atomic mass is 35.5. The van der Waals surface area contributed by atoms with Gasteiger partial charge in [0.15, 0.2) is 11.5 Å². The van der Waals surface area contributed by atoms with Gasteiger partial charge >= 0.3 is 0 Å². The van der Waals surface area contributed by atoms with E-state index in [-0.39, 0.29) is 6.61 Å². The van der Waals surface area contributed by atoms with Gasteiger partial charge in [0.2, 0.25) is 5.79 Å². The summed E-state index contributed by atoms with van der Waals surface area (Å²) in [6, 6.07) is 3.60. The molecule has 1 aromatic carbocycles. The molecule has 4 heteroatoms. The summed E-state index contributed by atoms with van der Waals surface area (Å²) in [7, 11) is 0. The van der Waals surface area contributed by atoms with Gasteiger partial charge in [-0.25, -0.2) is 0 Å². The summed E-state index contributed by atoms with van der Waals surface area (Å²) in [6.07, 6.45) is 0. The number of aliphatic hydroxyl groups excluding tert-OH is 1. The van der Waals surface area contributed by atoms with Crippen LogP contribution in [0, 0.1) is 0 Å². The third-order valence-electron chi connectivity index (χ3n) is 2.87. The van der Waals surface area contributed by atoms with E-state index in [1.807, 2.05) is 33.8 Å². The molecule has 1 aliphatic rings. The molecule has 0 aliphatic carbocycles. The van der Waals surface area contributed by atoms with Gasteiger partial charge < -0.3 is 14.6 Å². The predicted octanol–water partition coefficient (Wildman–Crippen LogP) is 3.12. The molecule has 94 valence electrons. The van der Waals surface area contributed by atoms with Crippen LogP contribution in [-0.4, -0.2) is 17.5 Å². The molecule has 0 saturated carbocycles. The summed E-state index contributed by atoms with van der Waals surface area (Å²) in [6.45, 7) is 7.58. The first-order valence-electron chi connectivity index (χ1n) is 5.58. The highest BCUT2D eigenvalue weighted by molar-refractivity contribution is 6.31. The zero-order chi connectivity index (χ0) is 12.8. The number of fused-ring (bicyclic) bond motifs is 1. The molecule has 17 heavy (non-hydrogen) atoms. The van der Waals surface area contributed by atoms with Crippen LogP contribution in [0.15, 0.2) is 12.1 Å². The highest BCUT2D eigenvalue weighted by Crippen LogP contribution is 2.44. The Morgan fingerprint density at radius 3 is 2.29 bits per heavy atom. The van der Waals surface area contributed by atoms with Crippen LogP contribution in [0.2, 0.25) is 5.02 Å². The molecule has 0 radical (unpaired) electrons. The van der Waals surface area contributed by atoms with Crippen LogP contribution >= 0.6 is 11.6 Å². The van der Waals surface area contributed by atoms with Crippen LogP contribution in [0.5, 0.6) is 11.5 Å². The fraction of sp³-hybridized carbons (Fsp3) is 0.538. The second-order valence-electron chi connectivity index (χ2n) is 5.42. The number of hydrogen-bond donors (Lipinski definition) is 1. The van der Waals surface area contributed by atoms with Crippen molar-refractivity contribution >= 4 is 11.6 Å². The van der Waals surface area contributed by atoms with E-state index < -0.39 is 11.2 Å². The number of halogens is 1. The Hall–Kier alpha value is -0.930. The normalized spacial score (nSPS) is 17.3. The molecule has 1 aliphatic heterocycles. The molecule has 1 aromatic rings. The number of ether oxygens (including phenoxy) is 2. The fourth-order valence-corrected chi connectivity index (χ4v) is 2.26. The van der Waals surface area contributed by atoms with E-state index in [9.17, 15) is 5.11 Å². The molecule has 0 saturated heterocycles. The molecule has 1 N–H and O–H groups in total. The van der Waals surface area contributed by atoms with Crippen LogP contribution in [0.1, 0.15) is 33.3 Å². The number of hydrogen-bond acceptors (Lipinski definition) is 3. The second kappa shape index (κ2) is 3.79. The first-order valence-corrected chi connectivity index (χ1v) is 5.96. The summed E-state index contributed by atoms with van der Waals surface area (Å²) in [5, 5.41) is 9.98. The van der Waals surface area contributed by atoms with Crippen molar-refractivity contribution in [3.05, 3.63) is 22.7 Å². The van der Waals surface area contributed by atoms with E-state index in [4.69, 9.17) is 21.1 Å². The van der Waals surface area contributed by atoms with Gasteiger partial charge in [-0.1, -0.05) is 25.4 Å². The van der Waals surface area contributed by atoms with E-state index in [1.165, 1.54) is 0 Å². The molecule has 0 atom stereocenters. The van der Waals surface area contributed by atoms with Crippen molar-refractivity contribution in [2.45, 2.75) is 38.9 Å². The molecule has 0 amide bonds. The quantitative estimate of drug-likeness (QED) is 0.884. The minimum Gasteiger partial charge on any atom is -0.449 e. The lowest BCUT2D eigenvalue weighted by atomic mass is 9.85. The van der Waals surface area contributed by atoms with Gasteiger partial charge in [-0.05, 0) is 11.6 Å². The van der Waals surface area contributed by atoms with Crippen molar-refractivity contribution in [2.24, 2.45) is 0 Å². The van der Waals surface area contributed by atoms with E-state index >= 15 is 0 Å². The zero-order valence-electron chi connectivity index (χ0n) is 10.5. The lowest BCUT2D eigenvalue weighted by Gasteiger charge is -2.23. The summed E-state index contributed by atoms with van der Waals surface area (Å²) < 4.78 is 11.3. The second-order valence-corrected chi connectivity index (χ2v) is 5.83. The maximum Gasteiger partial charge on any atom is 0.246 e. The van der Waals surface area contributed by atoms with Gasteiger partial charge in [0.1, 0.15) is 0 Å². The number of benzene rings is 1. The van der Waals surface area contributed by atoms with Gasteiger partial charge in [-0.3, -0.25) is 0 Å². The maximum atomic E-state index is 9.39. The monoisotopic (exact) mass is 256 g/mol. The Labute approximate surface area is 106 Å². The predicted molar refractivity (Wildman–Crippen MR) is 66.9 cm³/mol. The third-order valence-corrected chi connectivity index (χ3v) is 3.18. The molecule has 3 nitrogen and oxygen atoms in total. The average molecular weight is 257 g/mol. The van der Waals surface area contributed by atoms with Crippen molar-refractivity contribution in [2.75, 3.05) is 6.61 Å². The zero-order valence-corrected chi connectivity index (χ0v) is 11.3. The minimum absolute atomic E-state index is 0.0236. The molecule has 2 rings (SSSR count). The van der Waals surface area contributed by atoms with Gasteiger partial charge in [0.05, 0.1) is 6.61 Å². The first kappa shape index (κ1) is 12.5. The topological polar surface area (TPSA) is 38.7 Å². The Balaban J connectivity index is 2.48. The van der Waals surface area contributed by atoms with Crippen LogP contribution in [0.3, 0.4) is 0 Å². The van der Waals surface area contributed by atoms with Gasteiger partial charge in [0, 0.05) is 30.4 Å². The van der Waals surface area contributed by atoms with Crippen molar-refractivity contribution in [1.82, 2.24) is 0 Å². The summed E-state index contributed by atoms with van der Waals surface area (Å²) in [4.78, 5) is 0. The molecule has 1 heterocycles. The van der Waals surface area contributed by atoms with E-state index in [2.05, 4.69) is 0 Å². The number of rotatable bonds is 2. The Morgan fingerprint density at radius 1 is 1.24 bits per heavy atom. The summed E-state index contributed by atoms with van der Waals surface area (Å²) in [5.41, 5.74) is 0.462. The molecule has 0 unspecified atom stereocenters. The van der Waals surface area contributed by atoms with Gasteiger partial charge in [-0.2, -0.15) is 0 Å². The lowest BCUT2D eigenvalue weighted by molar-refractivity contribution is -0.0431. The van der Waals surface area contributed by atoms with Crippen LogP contribution in [0.4, 0.5) is 0 Å². The smallest absolute Gasteiger partial charge is 0.246 e. The average Bonchev–Trinajstić information content (AvgIpc) is 2.49. The van der Waals surface area contributed by atoms with Crippen LogP contribution in [0.25, 0.3) is 0 Å². The van der Waals surface area contributed by atoms with Crippen molar-refractivity contribution < 1.29 is 14.6 Å². The Bertz CT molecular complexity index is 452. The first-order chi connectivity index (χ1) is 7.75. The van der Waals surface area contributed by atoms with Crippen LogP contribution < -0.4 is 9.47 Å². The third kappa shape index (κ3) is 2.22. The van der Waals surface area contributed by atoms with E-state index in [1.54, 1.807) is 6.07 Å². The van der Waals surface area contributed by atoms with Crippen molar-refractivity contribution in [3.8, 4) is 11.5 Å². The minimum atomic E-state index is -0.659. The van der Waals surface area contributed by atoms with Crippen molar-refractivity contribution in [1.29, 1.82) is 0 Å². The molecule has 0 fully saturated rings. The molecular formula is C13H17ClO3. The van der Waals surface area contributed by atoms with Gasteiger partial charge in [0.25, 0.3) is 0 Å². The molecule has 0 spiro atoms. The summed E-state index contributed by atoms with van der Waals surface area (Å²) >= 11 is 6.22. The van der Waals surface area contributed by atoms with E-state index in [0.717, 1.165) is 5.56 Å². The molecule has 0 aromatic heterocycles. The Morgan fingerprint density at radius 2 is 1.76 bits per heavy atom. The van der Waals surface area contributed by atoms with Gasteiger partial charge in [-0.15, -0.1) is 0 Å². The number of aliphatic hydroxyl groups is 1. The lowest BCUT2D eigenvalue weighted by Crippen LogP contribution is -2.29. The standard InChI is InChI=1S/C13H17ClO3/c1-12(2,7-15)8-5-10-11(6-9(8)14)17-13(3,4)16-10/h5-6,15H,7H2,1-4H3. The molecule has 0 bridgehead atoms. The molecular weight excluding hydrogens is 240 g/mol. The summed E-state index contributed by atoms with van der Waals surface area (Å²) in [5.74, 6) is 0.668. The Kier molecular flexibility index (Phi) is 2.79. The van der Waals surface area contributed by atoms with Crippen LogP contribution in [-0.2, 0) is 5.41 Å². The largest absolute Gasteiger partial charge is 0.449 e. The van der Waals surface area contributed by atoms with E-state index in [0.29, 0.717) is 16.5 Å². The van der Waals surface area contributed by atoms with Crippen molar-refractivity contribution in [3.63, 3.8) is 0 Å². The fourth-order valence-electron chi connectivity index (χ4n) is 1.85. The highest BCUT2D eigenvalue weighted by Gasteiger charge is 2.34. The SMILES string of the molecule is CC1(C)Oc2cc(Cl)c(C(C)(C)CO)cc2O1.